The maximum atomic E-state index is 11.9. The van der Waals surface area contributed by atoms with E-state index in [1.807, 2.05) is 0 Å². The number of hydrogen-bond acceptors (Lipinski definition) is 5. The van der Waals surface area contributed by atoms with Gasteiger partial charge in [0.25, 0.3) is 5.91 Å². The standard InChI is InChI=1S/C21H29NO5/c1-14-10-16(21(3,4)5)11-15(2)17(14)6-7-22-19(23)13-27-20(24)18-12-25-8-9-26-18/h10-12H,6-9,13H2,1-5H3,(H,22,23). The molecule has 1 aromatic rings. The number of rotatable bonds is 6. The molecule has 6 nitrogen and oxygen atoms in total. The van der Waals surface area contributed by atoms with E-state index in [4.69, 9.17) is 14.2 Å². The zero-order valence-electron chi connectivity index (χ0n) is 16.8. The van der Waals surface area contributed by atoms with Crippen molar-refractivity contribution in [2.24, 2.45) is 0 Å². The monoisotopic (exact) mass is 375 g/mol. The minimum absolute atomic E-state index is 0.0146. The van der Waals surface area contributed by atoms with Crippen LogP contribution in [0.3, 0.4) is 0 Å². The predicted molar refractivity (Wildman–Crippen MR) is 102 cm³/mol. The molecular weight excluding hydrogens is 346 g/mol. The Kier molecular flexibility index (Phi) is 6.88. The summed E-state index contributed by atoms with van der Waals surface area (Å²) >= 11 is 0. The molecule has 0 aromatic heterocycles. The maximum absolute atomic E-state index is 11.9. The minimum atomic E-state index is -0.700. The Bertz CT molecular complexity index is 708. The molecule has 148 valence electrons. The first-order chi connectivity index (χ1) is 12.7. The van der Waals surface area contributed by atoms with Crippen LogP contribution in [-0.4, -0.2) is 38.2 Å². The van der Waals surface area contributed by atoms with Crippen LogP contribution in [0.15, 0.2) is 24.2 Å². The summed E-state index contributed by atoms with van der Waals surface area (Å²) in [5, 5.41) is 2.78. The number of ether oxygens (including phenoxy) is 3. The van der Waals surface area contributed by atoms with Crippen molar-refractivity contribution in [2.45, 2.75) is 46.5 Å². The van der Waals surface area contributed by atoms with Gasteiger partial charge in [-0.05, 0) is 47.9 Å². The zero-order valence-corrected chi connectivity index (χ0v) is 16.8. The average Bonchev–Trinajstić information content (AvgIpc) is 2.61. The molecule has 1 aliphatic heterocycles. The van der Waals surface area contributed by atoms with Gasteiger partial charge in [-0.25, -0.2) is 4.79 Å². The summed E-state index contributed by atoms with van der Waals surface area (Å²) in [6, 6.07) is 4.43. The van der Waals surface area contributed by atoms with Crippen LogP contribution in [-0.2, 0) is 35.6 Å². The average molecular weight is 375 g/mol. The summed E-state index contributed by atoms with van der Waals surface area (Å²) in [6.07, 6.45) is 1.93. The van der Waals surface area contributed by atoms with Crippen LogP contribution in [0.1, 0.15) is 43.0 Å². The number of carbonyl (C=O) groups excluding carboxylic acids is 2. The molecule has 0 fully saturated rings. The first-order valence-corrected chi connectivity index (χ1v) is 9.17. The zero-order chi connectivity index (χ0) is 20.0. The van der Waals surface area contributed by atoms with Crippen molar-refractivity contribution in [3.8, 4) is 0 Å². The van der Waals surface area contributed by atoms with E-state index in [1.165, 1.54) is 28.5 Å². The van der Waals surface area contributed by atoms with Crippen molar-refractivity contribution in [3.63, 3.8) is 0 Å². The van der Waals surface area contributed by atoms with Crippen molar-refractivity contribution in [1.29, 1.82) is 0 Å². The fourth-order valence-corrected chi connectivity index (χ4v) is 2.88. The highest BCUT2D eigenvalue weighted by molar-refractivity contribution is 5.88. The summed E-state index contributed by atoms with van der Waals surface area (Å²) in [6.45, 7) is 11.6. The number of aryl methyl sites for hydroxylation is 2. The molecule has 1 aliphatic rings. The van der Waals surface area contributed by atoms with Gasteiger partial charge in [-0.15, -0.1) is 0 Å². The largest absolute Gasteiger partial charge is 0.493 e. The van der Waals surface area contributed by atoms with Crippen molar-refractivity contribution < 1.29 is 23.8 Å². The summed E-state index contributed by atoms with van der Waals surface area (Å²) in [7, 11) is 0. The maximum Gasteiger partial charge on any atom is 0.377 e. The highest BCUT2D eigenvalue weighted by atomic mass is 16.6. The molecule has 0 saturated heterocycles. The molecule has 0 aliphatic carbocycles. The molecule has 0 bridgehead atoms. The number of hydrogen-bond donors (Lipinski definition) is 1. The summed E-state index contributed by atoms with van der Waals surface area (Å²) in [4.78, 5) is 23.6. The van der Waals surface area contributed by atoms with Crippen LogP contribution < -0.4 is 5.32 Å². The Morgan fingerprint density at radius 2 is 1.81 bits per heavy atom. The Labute approximate surface area is 160 Å². The third-order valence-corrected chi connectivity index (χ3v) is 4.44. The molecule has 27 heavy (non-hydrogen) atoms. The van der Waals surface area contributed by atoms with E-state index in [1.54, 1.807) is 0 Å². The van der Waals surface area contributed by atoms with Gasteiger partial charge in [0.2, 0.25) is 5.76 Å². The number of amides is 1. The van der Waals surface area contributed by atoms with Gasteiger partial charge in [0.1, 0.15) is 19.5 Å². The topological polar surface area (TPSA) is 73.9 Å². The Morgan fingerprint density at radius 3 is 2.37 bits per heavy atom. The van der Waals surface area contributed by atoms with Gasteiger partial charge in [-0.1, -0.05) is 32.9 Å². The smallest absolute Gasteiger partial charge is 0.377 e. The molecule has 2 rings (SSSR count). The third kappa shape index (κ3) is 6.01. The van der Waals surface area contributed by atoms with Crippen molar-refractivity contribution in [3.05, 3.63) is 46.4 Å². The van der Waals surface area contributed by atoms with Gasteiger partial charge in [0.15, 0.2) is 6.61 Å². The molecule has 0 radical (unpaired) electrons. The molecule has 0 atom stereocenters. The summed E-state index contributed by atoms with van der Waals surface area (Å²) in [5.41, 5.74) is 5.09. The quantitative estimate of drug-likeness (QED) is 0.774. The van der Waals surface area contributed by atoms with E-state index in [0.717, 1.165) is 6.42 Å². The van der Waals surface area contributed by atoms with Crippen molar-refractivity contribution >= 4 is 11.9 Å². The Balaban J connectivity index is 1.81. The molecule has 6 heteroatoms. The fraction of sp³-hybridized carbons (Fsp3) is 0.524. The lowest BCUT2D eigenvalue weighted by Crippen LogP contribution is -2.31. The molecule has 1 heterocycles. The van der Waals surface area contributed by atoms with Crippen LogP contribution in [0.25, 0.3) is 0 Å². The molecular formula is C21H29NO5. The second-order valence-electron chi connectivity index (χ2n) is 7.72. The molecule has 1 amide bonds. The number of nitrogens with one attached hydrogen (secondary N) is 1. The predicted octanol–water partition coefficient (Wildman–Crippen LogP) is 2.69. The van der Waals surface area contributed by atoms with Crippen LogP contribution >= 0.6 is 0 Å². The van der Waals surface area contributed by atoms with E-state index in [0.29, 0.717) is 19.8 Å². The Morgan fingerprint density at radius 1 is 1.15 bits per heavy atom. The number of benzene rings is 1. The fourth-order valence-electron chi connectivity index (χ4n) is 2.88. The van der Waals surface area contributed by atoms with Gasteiger partial charge in [-0.3, -0.25) is 4.79 Å². The minimum Gasteiger partial charge on any atom is -0.493 e. The number of esters is 1. The molecule has 0 saturated carbocycles. The van der Waals surface area contributed by atoms with E-state index in [-0.39, 0.29) is 23.7 Å². The van der Waals surface area contributed by atoms with Crippen molar-refractivity contribution in [1.82, 2.24) is 5.32 Å². The lowest BCUT2D eigenvalue weighted by atomic mass is 9.83. The molecule has 0 unspecified atom stereocenters. The van der Waals surface area contributed by atoms with Gasteiger partial charge in [-0.2, -0.15) is 0 Å². The summed E-state index contributed by atoms with van der Waals surface area (Å²) < 4.78 is 15.0. The van der Waals surface area contributed by atoms with E-state index >= 15 is 0 Å². The Hall–Kier alpha value is -2.50. The third-order valence-electron chi connectivity index (χ3n) is 4.44. The van der Waals surface area contributed by atoms with E-state index in [2.05, 4.69) is 52.1 Å². The van der Waals surface area contributed by atoms with Gasteiger partial charge >= 0.3 is 5.97 Å². The van der Waals surface area contributed by atoms with Gasteiger partial charge < -0.3 is 19.5 Å². The van der Waals surface area contributed by atoms with Gasteiger partial charge in [0, 0.05) is 6.54 Å². The number of carbonyl (C=O) groups is 2. The lowest BCUT2D eigenvalue weighted by Gasteiger charge is -2.22. The normalized spacial score (nSPS) is 13.9. The first-order valence-electron chi connectivity index (χ1n) is 9.17. The van der Waals surface area contributed by atoms with Crippen LogP contribution in [0.4, 0.5) is 0 Å². The highest BCUT2D eigenvalue weighted by Crippen LogP contribution is 2.27. The van der Waals surface area contributed by atoms with Gasteiger partial charge in [0.05, 0.1) is 0 Å². The van der Waals surface area contributed by atoms with Crippen molar-refractivity contribution in [2.75, 3.05) is 26.4 Å². The summed E-state index contributed by atoms with van der Waals surface area (Å²) in [5.74, 6) is -1.06. The SMILES string of the molecule is Cc1cc(C(C)(C)C)cc(C)c1CCNC(=O)COC(=O)C1=COCCO1. The lowest BCUT2D eigenvalue weighted by molar-refractivity contribution is -0.149. The second kappa shape index (κ2) is 8.93. The second-order valence-corrected chi connectivity index (χ2v) is 7.72. The molecule has 0 spiro atoms. The molecule has 1 aromatic carbocycles. The highest BCUT2D eigenvalue weighted by Gasteiger charge is 2.18. The van der Waals surface area contributed by atoms with Crippen LogP contribution in [0, 0.1) is 13.8 Å². The first kappa shape index (κ1) is 20.8. The van der Waals surface area contributed by atoms with Crippen LogP contribution in [0.5, 0.6) is 0 Å². The van der Waals surface area contributed by atoms with E-state index < -0.39 is 5.97 Å². The van der Waals surface area contributed by atoms with E-state index in [9.17, 15) is 9.59 Å². The van der Waals surface area contributed by atoms with Crippen LogP contribution in [0.2, 0.25) is 0 Å². The molecule has 1 N–H and O–H groups in total.